The number of hydrogen-bond acceptors (Lipinski definition) is 5. The van der Waals surface area contributed by atoms with Crippen LogP contribution in [0.15, 0.2) is 58.1 Å². The summed E-state index contributed by atoms with van der Waals surface area (Å²) in [7, 11) is 1.63. The Kier molecular flexibility index (Phi) is 4.43. The molecule has 1 fully saturated rings. The molecule has 1 aliphatic carbocycles. The minimum Gasteiger partial charge on any atom is -0.497 e. The molecule has 0 aliphatic heterocycles. The van der Waals surface area contributed by atoms with E-state index in [2.05, 4.69) is 0 Å². The van der Waals surface area contributed by atoms with Crippen LogP contribution in [0.5, 0.6) is 5.75 Å². The molecular formula is C23H20N2O3S. The molecule has 29 heavy (non-hydrogen) atoms. The highest BCUT2D eigenvalue weighted by molar-refractivity contribution is 7.24. The van der Waals surface area contributed by atoms with Crippen LogP contribution in [-0.4, -0.2) is 16.7 Å². The third-order valence-corrected chi connectivity index (χ3v) is 6.75. The van der Waals surface area contributed by atoms with E-state index in [1.807, 2.05) is 42.5 Å². The smallest absolute Gasteiger partial charge is 0.266 e. The average molecular weight is 404 g/mol. The summed E-state index contributed by atoms with van der Waals surface area (Å²) < 4.78 is 7.87. The Balaban J connectivity index is 1.87. The standard InChI is InChI=1S/C23H20N2O3S/c1-28-16-12-10-14(11-13-16)21-24-22-19(23(27)25(21)15-6-2-3-7-15)20(26)17-8-4-5-9-18(17)29-22/h4-5,8-13,15H,2-3,6-7H2,1H3. The Morgan fingerprint density at radius 1 is 1.03 bits per heavy atom. The summed E-state index contributed by atoms with van der Waals surface area (Å²) in [5.41, 5.74) is 0.407. The number of benzene rings is 2. The van der Waals surface area contributed by atoms with Gasteiger partial charge in [0.25, 0.3) is 5.56 Å². The van der Waals surface area contributed by atoms with E-state index in [-0.39, 0.29) is 22.4 Å². The Hall–Kier alpha value is -2.99. The second-order valence-electron chi connectivity index (χ2n) is 7.38. The van der Waals surface area contributed by atoms with Crippen molar-refractivity contribution in [1.29, 1.82) is 0 Å². The molecular weight excluding hydrogens is 384 g/mol. The van der Waals surface area contributed by atoms with Crippen LogP contribution in [0.1, 0.15) is 31.7 Å². The third kappa shape index (κ3) is 2.95. The second-order valence-corrected chi connectivity index (χ2v) is 8.42. The molecule has 2 aromatic carbocycles. The van der Waals surface area contributed by atoms with Gasteiger partial charge in [-0.05, 0) is 49.2 Å². The van der Waals surface area contributed by atoms with E-state index in [0.29, 0.717) is 16.0 Å². The van der Waals surface area contributed by atoms with Crippen molar-refractivity contribution in [2.24, 2.45) is 0 Å². The van der Waals surface area contributed by atoms with E-state index in [0.717, 1.165) is 41.7 Å². The van der Waals surface area contributed by atoms with Crippen LogP contribution in [0.25, 0.3) is 31.7 Å². The predicted molar refractivity (Wildman–Crippen MR) is 117 cm³/mol. The van der Waals surface area contributed by atoms with Gasteiger partial charge in [0.2, 0.25) is 5.43 Å². The highest BCUT2D eigenvalue weighted by Crippen LogP contribution is 2.33. The van der Waals surface area contributed by atoms with Crippen molar-refractivity contribution in [1.82, 2.24) is 9.55 Å². The fourth-order valence-corrected chi connectivity index (χ4v) is 5.25. The number of rotatable bonds is 3. The van der Waals surface area contributed by atoms with Gasteiger partial charge in [-0.25, -0.2) is 4.98 Å². The lowest BCUT2D eigenvalue weighted by Gasteiger charge is -2.19. The zero-order valence-electron chi connectivity index (χ0n) is 16.1. The minimum absolute atomic E-state index is 0.0763. The Bertz CT molecular complexity index is 1330. The zero-order chi connectivity index (χ0) is 20.0. The molecule has 0 spiro atoms. The number of aromatic nitrogens is 2. The van der Waals surface area contributed by atoms with E-state index >= 15 is 0 Å². The first-order valence-electron chi connectivity index (χ1n) is 9.80. The quantitative estimate of drug-likeness (QED) is 0.462. The molecule has 2 heterocycles. The highest BCUT2D eigenvalue weighted by atomic mass is 32.1. The van der Waals surface area contributed by atoms with Crippen LogP contribution in [-0.2, 0) is 0 Å². The summed E-state index contributed by atoms with van der Waals surface area (Å²) in [6.45, 7) is 0. The fourth-order valence-electron chi connectivity index (χ4n) is 4.21. The number of ether oxygens (including phenoxy) is 1. The van der Waals surface area contributed by atoms with Crippen molar-refractivity contribution in [2.45, 2.75) is 31.7 Å². The maximum atomic E-state index is 13.6. The van der Waals surface area contributed by atoms with E-state index in [1.165, 1.54) is 11.3 Å². The SMILES string of the molecule is COc1ccc(-c2nc3sc4ccccc4c(=O)c3c(=O)n2C2CCCC2)cc1. The molecule has 0 saturated heterocycles. The lowest BCUT2D eigenvalue weighted by Crippen LogP contribution is -2.29. The number of hydrogen-bond donors (Lipinski definition) is 0. The minimum atomic E-state index is -0.222. The molecule has 2 aromatic heterocycles. The van der Waals surface area contributed by atoms with Gasteiger partial charge in [-0.15, -0.1) is 11.3 Å². The molecule has 146 valence electrons. The van der Waals surface area contributed by atoms with E-state index < -0.39 is 0 Å². The van der Waals surface area contributed by atoms with Crippen LogP contribution in [0.2, 0.25) is 0 Å². The van der Waals surface area contributed by atoms with Gasteiger partial charge in [-0.1, -0.05) is 25.0 Å². The summed E-state index contributed by atoms with van der Waals surface area (Å²) in [5.74, 6) is 1.38. The van der Waals surface area contributed by atoms with Gasteiger partial charge in [-0.3, -0.25) is 14.2 Å². The lowest BCUT2D eigenvalue weighted by molar-refractivity contribution is 0.415. The van der Waals surface area contributed by atoms with Crippen LogP contribution in [0, 0.1) is 0 Å². The first-order chi connectivity index (χ1) is 14.2. The molecule has 4 aromatic rings. The normalized spacial score (nSPS) is 14.7. The van der Waals surface area contributed by atoms with Gasteiger partial charge >= 0.3 is 0 Å². The van der Waals surface area contributed by atoms with E-state index in [9.17, 15) is 9.59 Å². The number of nitrogens with zero attached hydrogens (tertiary/aromatic N) is 2. The largest absolute Gasteiger partial charge is 0.497 e. The van der Waals surface area contributed by atoms with Crippen molar-refractivity contribution in [3.8, 4) is 17.1 Å². The van der Waals surface area contributed by atoms with Crippen LogP contribution < -0.4 is 15.7 Å². The summed E-state index contributed by atoms with van der Waals surface area (Å²) in [4.78, 5) is 32.1. The van der Waals surface area contributed by atoms with Crippen LogP contribution in [0.3, 0.4) is 0 Å². The second kappa shape index (κ2) is 7.12. The van der Waals surface area contributed by atoms with Crippen molar-refractivity contribution in [3.63, 3.8) is 0 Å². The van der Waals surface area contributed by atoms with Crippen LogP contribution >= 0.6 is 11.3 Å². The maximum absolute atomic E-state index is 13.6. The summed E-state index contributed by atoms with van der Waals surface area (Å²) in [6, 6.07) is 15.1. The topological polar surface area (TPSA) is 61.2 Å². The molecule has 1 saturated carbocycles. The van der Waals surface area contributed by atoms with Gasteiger partial charge in [0, 0.05) is 21.7 Å². The fraction of sp³-hybridized carbons (Fsp3) is 0.261. The Morgan fingerprint density at radius 3 is 2.48 bits per heavy atom. The van der Waals surface area contributed by atoms with Gasteiger partial charge < -0.3 is 4.74 Å². The molecule has 0 radical (unpaired) electrons. The van der Waals surface area contributed by atoms with Crippen molar-refractivity contribution in [3.05, 3.63) is 69.1 Å². The third-order valence-electron chi connectivity index (χ3n) is 5.69. The number of methoxy groups -OCH3 is 1. The molecule has 6 heteroatoms. The van der Waals surface area contributed by atoms with Gasteiger partial charge in [0.15, 0.2) is 0 Å². The van der Waals surface area contributed by atoms with Gasteiger partial charge in [0.05, 0.1) is 7.11 Å². The number of fused-ring (bicyclic) bond motifs is 2. The molecule has 0 bridgehead atoms. The molecule has 1 aliphatic rings. The Labute approximate surface area is 171 Å². The van der Waals surface area contributed by atoms with E-state index in [1.54, 1.807) is 17.7 Å². The average Bonchev–Trinajstić information content (AvgIpc) is 3.28. The molecule has 0 atom stereocenters. The molecule has 5 nitrogen and oxygen atoms in total. The zero-order valence-corrected chi connectivity index (χ0v) is 16.9. The maximum Gasteiger partial charge on any atom is 0.266 e. The predicted octanol–water partition coefficient (Wildman–Crippen LogP) is 4.76. The lowest BCUT2D eigenvalue weighted by atomic mass is 10.1. The van der Waals surface area contributed by atoms with E-state index in [4.69, 9.17) is 9.72 Å². The molecule has 0 N–H and O–H groups in total. The molecule has 5 rings (SSSR count). The van der Waals surface area contributed by atoms with Crippen molar-refractivity contribution < 1.29 is 4.74 Å². The Morgan fingerprint density at radius 2 is 1.76 bits per heavy atom. The van der Waals surface area contributed by atoms with Gasteiger partial charge in [0.1, 0.15) is 21.8 Å². The summed E-state index contributed by atoms with van der Waals surface area (Å²) in [5, 5.41) is 0.789. The first kappa shape index (κ1) is 18.1. The molecule has 0 amide bonds. The first-order valence-corrected chi connectivity index (χ1v) is 10.6. The monoisotopic (exact) mass is 404 g/mol. The molecule has 0 unspecified atom stereocenters. The summed E-state index contributed by atoms with van der Waals surface area (Å²) in [6.07, 6.45) is 4.03. The summed E-state index contributed by atoms with van der Waals surface area (Å²) >= 11 is 1.40. The van der Waals surface area contributed by atoms with Crippen LogP contribution in [0.4, 0.5) is 0 Å². The van der Waals surface area contributed by atoms with Crippen molar-refractivity contribution in [2.75, 3.05) is 7.11 Å². The highest BCUT2D eigenvalue weighted by Gasteiger charge is 2.25. The van der Waals surface area contributed by atoms with Crippen molar-refractivity contribution >= 4 is 31.6 Å². The van der Waals surface area contributed by atoms with Gasteiger partial charge in [-0.2, -0.15) is 0 Å².